The zero-order valence-corrected chi connectivity index (χ0v) is 11.5. The Balaban J connectivity index is 1.73. The van der Waals surface area contributed by atoms with E-state index in [1.54, 1.807) is 4.90 Å². The number of H-pyrrole nitrogens is 1. The number of carbonyl (C=O) groups is 2. The molecule has 20 heavy (non-hydrogen) atoms. The van der Waals surface area contributed by atoms with Gasteiger partial charge in [-0.05, 0) is 38.2 Å². The summed E-state index contributed by atoms with van der Waals surface area (Å²) in [6.45, 7) is 0.683. The number of amides is 2. The monoisotopic (exact) mass is 276 g/mol. The number of aromatic amines is 1. The SMILES string of the molecule is NC(=O)CC1CCCCN1C(=O)c1cc(C2CC2)[nH]n1. The molecule has 0 bridgehead atoms. The topological polar surface area (TPSA) is 92.1 Å². The van der Waals surface area contributed by atoms with Gasteiger partial charge in [-0.2, -0.15) is 5.10 Å². The van der Waals surface area contributed by atoms with Crippen LogP contribution in [0.25, 0.3) is 0 Å². The zero-order chi connectivity index (χ0) is 14.1. The largest absolute Gasteiger partial charge is 0.370 e. The maximum Gasteiger partial charge on any atom is 0.274 e. The molecule has 1 aromatic heterocycles. The fraction of sp³-hybridized carbons (Fsp3) is 0.643. The highest BCUT2D eigenvalue weighted by molar-refractivity contribution is 5.93. The third-order valence-electron chi connectivity index (χ3n) is 4.16. The lowest BCUT2D eigenvalue weighted by atomic mass is 9.98. The molecule has 6 nitrogen and oxygen atoms in total. The summed E-state index contributed by atoms with van der Waals surface area (Å²) in [6, 6.07) is 1.78. The average Bonchev–Trinajstić information content (AvgIpc) is 3.16. The number of likely N-dealkylation sites (tertiary alicyclic amines) is 1. The second-order valence-corrected chi connectivity index (χ2v) is 5.80. The van der Waals surface area contributed by atoms with Crippen molar-refractivity contribution in [2.75, 3.05) is 6.54 Å². The summed E-state index contributed by atoms with van der Waals surface area (Å²) in [4.78, 5) is 25.4. The van der Waals surface area contributed by atoms with E-state index in [9.17, 15) is 9.59 Å². The number of nitrogens with zero attached hydrogens (tertiary/aromatic N) is 2. The van der Waals surface area contributed by atoms with Gasteiger partial charge in [-0.15, -0.1) is 0 Å². The molecule has 1 aliphatic carbocycles. The predicted molar refractivity (Wildman–Crippen MR) is 73.0 cm³/mol. The first-order valence-electron chi connectivity index (χ1n) is 7.29. The first kappa shape index (κ1) is 13.1. The van der Waals surface area contributed by atoms with Crippen LogP contribution in [0.1, 0.15) is 60.6 Å². The Bertz CT molecular complexity index is 521. The molecule has 1 unspecified atom stereocenters. The van der Waals surface area contributed by atoms with Crippen LogP contribution in [0, 0.1) is 0 Å². The van der Waals surface area contributed by atoms with Gasteiger partial charge >= 0.3 is 0 Å². The van der Waals surface area contributed by atoms with Crippen molar-refractivity contribution < 1.29 is 9.59 Å². The highest BCUT2D eigenvalue weighted by Crippen LogP contribution is 2.39. The molecule has 3 N–H and O–H groups in total. The van der Waals surface area contributed by atoms with E-state index >= 15 is 0 Å². The van der Waals surface area contributed by atoms with Crippen molar-refractivity contribution in [3.8, 4) is 0 Å². The maximum absolute atomic E-state index is 12.5. The van der Waals surface area contributed by atoms with Crippen molar-refractivity contribution >= 4 is 11.8 Å². The molecule has 0 radical (unpaired) electrons. The average molecular weight is 276 g/mol. The molecule has 2 amide bonds. The molecule has 1 aromatic rings. The van der Waals surface area contributed by atoms with E-state index in [4.69, 9.17) is 5.73 Å². The van der Waals surface area contributed by atoms with E-state index in [2.05, 4.69) is 10.2 Å². The minimum absolute atomic E-state index is 0.0742. The number of primary amides is 1. The van der Waals surface area contributed by atoms with Gasteiger partial charge in [0.15, 0.2) is 0 Å². The van der Waals surface area contributed by atoms with Gasteiger partial charge in [-0.3, -0.25) is 14.7 Å². The van der Waals surface area contributed by atoms with Gasteiger partial charge in [-0.1, -0.05) is 0 Å². The van der Waals surface area contributed by atoms with Crippen molar-refractivity contribution in [2.24, 2.45) is 5.73 Å². The van der Waals surface area contributed by atoms with Crippen molar-refractivity contribution in [3.05, 3.63) is 17.5 Å². The van der Waals surface area contributed by atoms with Crippen molar-refractivity contribution in [1.29, 1.82) is 0 Å². The number of rotatable bonds is 4. The third-order valence-corrected chi connectivity index (χ3v) is 4.16. The number of nitrogens with one attached hydrogen (secondary N) is 1. The van der Waals surface area contributed by atoms with Crippen LogP contribution in [0.5, 0.6) is 0 Å². The van der Waals surface area contributed by atoms with Crippen LogP contribution in [0.15, 0.2) is 6.07 Å². The molecule has 6 heteroatoms. The summed E-state index contributed by atoms with van der Waals surface area (Å²) in [5.74, 6) is 0.112. The van der Waals surface area contributed by atoms with E-state index in [-0.39, 0.29) is 24.3 Å². The Morgan fingerprint density at radius 3 is 2.85 bits per heavy atom. The summed E-state index contributed by atoms with van der Waals surface area (Å²) >= 11 is 0. The summed E-state index contributed by atoms with van der Waals surface area (Å²) in [7, 11) is 0. The molecule has 2 aliphatic rings. The molecule has 0 aromatic carbocycles. The number of carbonyl (C=O) groups excluding carboxylic acids is 2. The quantitative estimate of drug-likeness (QED) is 0.864. The molecule has 1 saturated carbocycles. The Morgan fingerprint density at radius 2 is 2.15 bits per heavy atom. The molecule has 1 saturated heterocycles. The second-order valence-electron chi connectivity index (χ2n) is 5.80. The fourth-order valence-corrected chi connectivity index (χ4v) is 2.91. The van der Waals surface area contributed by atoms with E-state index < -0.39 is 0 Å². The standard InChI is InChI=1S/C14H20N4O2/c15-13(19)7-10-3-1-2-6-18(10)14(20)12-8-11(16-17-12)9-4-5-9/h8-10H,1-7H2,(H2,15,19)(H,16,17). The van der Waals surface area contributed by atoms with E-state index in [1.807, 2.05) is 6.07 Å². The molecular formula is C14H20N4O2. The normalized spacial score (nSPS) is 22.8. The lowest BCUT2D eigenvalue weighted by molar-refractivity contribution is -0.119. The number of nitrogens with two attached hydrogens (primary N) is 1. The van der Waals surface area contributed by atoms with Gasteiger partial charge in [0.25, 0.3) is 5.91 Å². The van der Waals surface area contributed by atoms with Crippen LogP contribution in [0.3, 0.4) is 0 Å². The predicted octanol–water partition coefficient (Wildman–Crippen LogP) is 1.16. The smallest absolute Gasteiger partial charge is 0.274 e. The summed E-state index contributed by atoms with van der Waals surface area (Å²) in [5.41, 5.74) is 6.79. The first-order valence-corrected chi connectivity index (χ1v) is 7.29. The summed E-state index contributed by atoms with van der Waals surface area (Å²) in [6.07, 6.45) is 5.43. The van der Waals surface area contributed by atoms with Gasteiger partial charge < -0.3 is 10.6 Å². The molecule has 0 spiro atoms. The molecule has 3 rings (SSSR count). The van der Waals surface area contributed by atoms with Crippen LogP contribution in [-0.2, 0) is 4.79 Å². The van der Waals surface area contributed by atoms with E-state index in [0.29, 0.717) is 18.2 Å². The Hall–Kier alpha value is -1.85. The number of aromatic nitrogens is 2. The lowest BCUT2D eigenvalue weighted by Gasteiger charge is -2.34. The highest BCUT2D eigenvalue weighted by atomic mass is 16.2. The highest BCUT2D eigenvalue weighted by Gasteiger charge is 2.31. The van der Waals surface area contributed by atoms with Crippen LogP contribution >= 0.6 is 0 Å². The number of hydrogen-bond donors (Lipinski definition) is 2. The van der Waals surface area contributed by atoms with Crippen molar-refractivity contribution in [2.45, 2.75) is 50.5 Å². The third kappa shape index (κ3) is 2.69. The van der Waals surface area contributed by atoms with Gasteiger partial charge in [0.1, 0.15) is 5.69 Å². The van der Waals surface area contributed by atoms with E-state index in [1.165, 1.54) is 12.8 Å². The molecule has 1 atom stereocenters. The molecular weight excluding hydrogens is 256 g/mol. The van der Waals surface area contributed by atoms with Crippen LogP contribution in [0.4, 0.5) is 0 Å². The van der Waals surface area contributed by atoms with Gasteiger partial charge in [0, 0.05) is 30.6 Å². The van der Waals surface area contributed by atoms with E-state index in [0.717, 1.165) is 25.0 Å². The summed E-state index contributed by atoms with van der Waals surface area (Å²) in [5, 5.41) is 7.09. The number of piperidine rings is 1. The van der Waals surface area contributed by atoms with Crippen LogP contribution in [0.2, 0.25) is 0 Å². The van der Waals surface area contributed by atoms with Crippen LogP contribution < -0.4 is 5.73 Å². The minimum atomic E-state index is -0.351. The van der Waals surface area contributed by atoms with Gasteiger partial charge in [0.2, 0.25) is 5.91 Å². The summed E-state index contributed by atoms with van der Waals surface area (Å²) < 4.78 is 0. The molecule has 108 valence electrons. The van der Waals surface area contributed by atoms with Crippen LogP contribution in [-0.4, -0.2) is 39.5 Å². The molecule has 2 heterocycles. The lowest BCUT2D eigenvalue weighted by Crippen LogP contribution is -2.45. The minimum Gasteiger partial charge on any atom is -0.370 e. The van der Waals surface area contributed by atoms with Gasteiger partial charge in [-0.25, -0.2) is 0 Å². The zero-order valence-electron chi connectivity index (χ0n) is 11.5. The van der Waals surface area contributed by atoms with Crippen molar-refractivity contribution in [1.82, 2.24) is 15.1 Å². The molecule has 1 aliphatic heterocycles. The maximum atomic E-state index is 12.5. The van der Waals surface area contributed by atoms with Crippen molar-refractivity contribution in [3.63, 3.8) is 0 Å². The Labute approximate surface area is 117 Å². The fourth-order valence-electron chi connectivity index (χ4n) is 2.91. The molecule has 2 fully saturated rings. The Morgan fingerprint density at radius 1 is 1.35 bits per heavy atom. The first-order chi connectivity index (χ1) is 9.65. The number of hydrogen-bond acceptors (Lipinski definition) is 3. The Kier molecular flexibility index (Phi) is 3.46. The van der Waals surface area contributed by atoms with Gasteiger partial charge in [0.05, 0.1) is 0 Å². The second kappa shape index (κ2) is 5.26.